The maximum Gasteiger partial charge on any atom is 0.266 e. The average Bonchev–Trinajstić information content (AvgIpc) is 2.67. The minimum atomic E-state index is -1.35. The average molecular weight is 324 g/mol. The number of carbonyl (C=O) groups is 2. The van der Waals surface area contributed by atoms with E-state index in [-0.39, 0.29) is 15.6 Å². The lowest BCUT2D eigenvalue weighted by Crippen LogP contribution is -2.49. The number of carbonyl (C=O) groups excluding carboxylic acids is 2. The molecular weight excluding hydrogens is 313 g/mol. The van der Waals surface area contributed by atoms with E-state index in [0.29, 0.717) is 5.56 Å². The molecule has 0 radical (unpaired) electrons. The van der Waals surface area contributed by atoms with Crippen molar-refractivity contribution in [1.29, 1.82) is 0 Å². The Kier molecular flexibility index (Phi) is 4.74. The van der Waals surface area contributed by atoms with E-state index in [4.69, 9.17) is 12.2 Å². The molecule has 0 unspecified atom stereocenters. The number of thiocarbonyl (C=S) groups is 1. The molecule has 1 aliphatic rings. The van der Waals surface area contributed by atoms with Gasteiger partial charge in [0.25, 0.3) is 5.91 Å². The molecule has 0 aliphatic carbocycles. The summed E-state index contributed by atoms with van der Waals surface area (Å²) >= 11 is 6.06. The maximum absolute atomic E-state index is 13.1. The van der Waals surface area contributed by atoms with Gasteiger partial charge in [-0.1, -0.05) is 43.0 Å². The van der Waals surface area contributed by atoms with Crippen molar-refractivity contribution in [2.75, 3.05) is 0 Å². The second-order valence-corrected chi connectivity index (χ2v) is 6.03. The van der Waals surface area contributed by atoms with E-state index >= 15 is 0 Å². The van der Waals surface area contributed by atoms with Crippen molar-refractivity contribution < 1.29 is 19.1 Å². The summed E-state index contributed by atoms with van der Waals surface area (Å²) in [6.07, 6.45) is 1.69. The first kappa shape index (κ1) is 15.7. The maximum atomic E-state index is 13.1. The summed E-state index contributed by atoms with van der Waals surface area (Å²) in [5.41, 5.74) is 0.511. The van der Waals surface area contributed by atoms with Crippen LogP contribution in [0.3, 0.4) is 0 Å². The van der Waals surface area contributed by atoms with Gasteiger partial charge in [-0.2, -0.15) is 0 Å². The third kappa shape index (κ3) is 3.30. The van der Waals surface area contributed by atoms with E-state index in [9.17, 15) is 19.1 Å². The summed E-state index contributed by atoms with van der Waals surface area (Å²) in [4.78, 5) is 24.7. The number of carboxylic acids is 1. The number of halogens is 1. The molecule has 0 spiro atoms. The first-order valence-electron chi connectivity index (χ1n) is 6.17. The van der Waals surface area contributed by atoms with Crippen LogP contribution >= 0.6 is 24.0 Å². The van der Waals surface area contributed by atoms with Crippen LogP contribution in [-0.2, 0) is 9.59 Å². The molecule has 2 rings (SSSR count). The molecule has 4 nitrogen and oxygen atoms in total. The van der Waals surface area contributed by atoms with Crippen molar-refractivity contribution in [2.24, 2.45) is 0 Å². The summed E-state index contributed by atoms with van der Waals surface area (Å²) in [5.74, 6) is -2.26. The van der Waals surface area contributed by atoms with Crippen LogP contribution in [0.25, 0.3) is 6.08 Å². The number of aliphatic carboxylic acids is 1. The van der Waals surface area contributed by atoms with Crippen LogP contribution in [0.2, 0.25) is 0 Å². The second kappa shape index (κ2) is 6.36. The Hall–Kier alpha value is -1.73. The van der Waals surface area contributed by atoms with Gasteiger partial charge in [0.2, 0.25) is 0 Å². The molecule has 21 heavy (non-hydrogen) atoms. The van der Waals surface area contributed by atoms with Crippen LogP contribution in [0.5, 0.6) is 0 Å². The van der Waals surface area contributed by atoms with Crippen LogP contribution in [0.1, 0.15) is 18.9 Å². The molecule has 7 heteroatoms. The SMILES string of the molecule is CC[C@H](C(=O)[O-])N1C(=O)/C(=C/c2cccc(F)c2)SC1=S. The first-order valence-corrected chi connectivity index (χ1v) is 7.40. The summed E-state index contributed by atoms with van der Waals surface area (Å²) in [7, 11) is 0. The number of hydrogen-bond donors (Lipinski definition) is 0. The third-order valence-corrected chi connectivity index (χ3v) is 4.27. The van der Waals surface area contributed by atoms with Gasteiger partial charge in [0.05, 0.1) is 16.9 Å². The van der Waals surface area contributed by atoms with Gasteiger partial charge < -0.3 is 9.90 Å². The Labute approximate surface area is 130 Å². The fourth-order valence-corrected chi connectivity index (χ4v) is 3.31. The van der Waals surface area contributed by atoms with Crippen molar-refractivity contribution in [1.82, 2.24) is 4.90 Å². The minimum absolute atomic E-state index is 0.165. The van der Waals surface area contributed by atoms with Crippen molar-refractivity contribution in [3.63, 3.8) is 0 Å². The highest BCUT2D eigenvalue weighted by Crippen LogP contribution is 2.34. The Bertz CT molecular complexity index is 645. The molecule has 0 N–H and O–H groups in total. The molecule has 1 saturated heterocycles. The zero-order chi connectivity index (χ0) is 15.6. The number of carboxylic acid groups (broad SMARTS) is 1. The smallest absolute Gasteiger partial charge is 0.266 e. The highest BCUT2D eigenvalue weighted by atomic mass is 32.2. The number of amides is 1. The number of thioether (sulfide) groups is 1. The van der Waals surface area contributed by atoms with E-state index in [1.807, 2.05) is 0 Å². The molecule has 1 heterocycles. The van der Waals surface area contributed by atoms with Gasteiger partial charge in [0.1, 0.15) is 10.1 Å². The third-order valence-electron chi connectivity index (χ3n) is 2.94. The lowest BCUT2D eigenvalue weighted by atomic mass is 10.1. The molecule has 110 valence electrons. The Morgan fingerprint density at radius 3 is 2.86 bits per heavy atom. The number of rotatable bonds is 4. The standard InChI is InChI=1S/C14H12FNO3S2/c1-2-10(13(18)19)16-12(17)11(21-14(16)20)7-8-4-3-5-9(15)6-8/h3-7,10H,2H2,1H3,(H,18,19)/p-1/b11-7-/t10-/m1/s1. The zero-order valence-electron chi connectivity index (χ0n) is 11.0. The van der Waals surface area contributed by atoms with Gasteiger partial charge >= 0.3 is 0 Å². The molecule has 1 amide bonds. The fourth-order valence-electron chi connectivity index (χ4n) is 1.95. The van der Waals surface area contributed by atoms with E-state index in [1.165, 1.54) is 24.3 Å². The topological polar surface area (TPSA) is 60.4 Å². The molecule has 1 aromatic carbocycles. The minimum Gasteiger partial charge on any atom is -0.548 e. The van der Waals surface area contributed by atoms with Crippen molar-refractivity contribution in [3.8, 4) is 0 Å². The van der Waals surface area contributed by atoms with Gasteiger partial charge in [-0.25, -0.2) is 4.39 Å². The molecule has 1 fully saturated rings. The Morgan fingerprint density at radius 2 is 2.29 bits per heavy atom. The summed E-state index contributed by atoms with van der Waals surface area (Å²) in [6.45, 7) is 1.63. The quantitative estimate of drug-likeness (QED) is 0.621. The van der Waals surface area contributed by atoms with Crippen LogP contribution in [-0.4, -0.2) is 27.1 Å². The predicted molar refractivity (Wildman–Crippen MR) is 80.5 cm³/mol. The highest BCUT2D eigenvalue weighted by molar-refractivity contribution is 8.26. The van der Waals surface area contributed by atoms with Gasteiger partial charge in [-0.05, 0) is 30.2 Å². The Morgan fingerprint density at radius 1 is 1.57 bits per heavy atom. The molecule has 1 atom stereocenters. The predicted octanol–water partition coefficient (Wildman–Crippen LogP) is 1.56. The monoisotopic (exact) mass is 324 g/mol. The number of benzene rings is 1. The van der Waals surface area contributed by atoms with Crippen molar-refractivity contribution in [3.05, 3.63) is 40.6 Å². The fraction of sp³-hybridized carbons (Fsp3) is 0.214. The van der Waals surface area contributed by atoms with Gasteiger partial charge in [0, 0.05) is 0 Å². The largest absolute Gasteiger partial charge is 0.548 e. The molecular formula is C14H11FNO3S2-. The first-order chi connectivity index (χ1) is 9.93. The van der Waals surface area contributed by atoms with E-state index in [0.717, 1.165) is 16.7 Å². The van der Waals surface area contributed by atoms with Crippen LogP contribution < -0.4 is 5.11 Å². The van der Waals surface area contributed by atoms with E-state index < -0.39 is 23.7 Å². The lowest BCUT2D eigenvalue weighted by Gasteiger charge is -2.26. The van der Waals surface area contributed by atoms with Crippen LogP contribution in [0.15, 0.2) is 29.2 Å². The van der Waals surface area contributed by atoms with E-state index in [2.05, 4.69) is 0 Å². The summed E-state index contributed by atoms with van der Waals surface area (Å²) < 4.78 is 13.3. The summed E-state index contributed by atoms with van der Waals surface area (Å²) in [6, 6.07) is 4.66. The van der Waals surface area contributed by atoms with Crippen molar-refractivity contribution >= 4 is 46.3 Å². The molecule has 0 aromatic heterocycles. The zero-order valence-corrected chi connectivity index (χ0v) is 12.7. The van der Waals surface area contributed by atoms with Gasteiger partial charge in [-0.15, -0.1) is 0 Å². The van der Waals surface area contributed by atoms with Crippen LogP contribution in [0.4, 0.5) is 4.39 Å². The van der Waals surface area contributed by atoms with Gasteiger partial charge in [-0.3, -0.25) is 9.69 Å². The number of hydrogen-bond acceptors (Lipinski definition) is 5. The molecule has 0 bridgehead atoms. The second-order valence-electron chi connectivity index (χ2n) is 4.35. The molecule has 0 saturated carbocycles. The molecule has 1 aromatic rings. The molecule has 1 aliphatic heterocycles. The lowest BCUT2D eigenvalue weighted by molar-refractivity contribution is -0.310. The normalized spacial score (nSPS) is 18.4. The van der Waals surface area contributed by atoms with Crippen LogP contribution in [0, 0.1) is 5.82 Å². The Balaban J connectivity index is 2.31. The van der Waals surface area contributed by atoms with Crippen molar-refractivity contribution in [2.45, 2.75) is 19.4 Å². The van der Waals surface area contributed by atoms with E-state index in [1.54, 1.807) is 13.0 Å². The highest BCUT2D eigenvalue weighted by Gasteiger charge is 2.36. The summed E-state index contributed by atoms with van der Waals surface area (Å²) in [5, 5.41) is 11.1. The number of nitrogens with zero attached hydrogens (tertiary/aromatic N) is 1. The van der Waals surface area contributed by atoms with Gasteiger partial charge in [0.15, 0.2) is 0 Å².